The van der Waals surface area contributed by atoms with Crippen LogP contribution in [-0.4, -0.2) is 42.4 Å². The Balaban J connectivity index is 2.46. The summed E-state index contributed by atoms with van der Waals surface area (Å²) >= 11 is 5.96. The summed E-state index contributed by atoms with van der Waals surface area (Å²) in [5, 5.41) is 6.11. The molecule has 0 aliphatic heterocycles. The monoisotopic (exact) mass is 311 g/mol. The zero-order chi connectivity index (χ0) is 15.8. The number of hydrogen-bond acceptors (Lipinski definition) is 3. The van der Waals surface area contributed by atoms with Crippen molar-refractivity contribution in [3.8, 4) is 0 Å². The molecule has 0 spiro atoms. The van der Waals surface area contributed by atoms with E-state index in [1.807, 2.05) is 13.8 Å². The first-order valence-electron chi connectivity index (χ1n) is 7.06. The molecule has 0 bridgehead atoms. The lowest BCUT2D eigenvalue weighted by atomic mass is 10.2. The first-order valence-corrected chi connectivity index (χ1v) is 7.43. The Morgan fingerprint density at radius 3 is 2.43 bits per heavy atom. The molecular formula is C15H22ClN3O2. The van der Waals surface area contributed by atoms with Crippen molar-refractivity contribution in [2.24, 2.45) is 0 Å². The quantitative estimate of drug-likeness (QED) is 0.811. The molecule has 0 radical (unpaired) electrons. The minimum absolute atomic E-state index is 0.00876. The first kappa shape index (κ1) is 17.5. The Morgan fingerprint density at radius 1 is 1.24 bits per heavy atom. The van der Waals surface area contributed by atoms with Gasteiger partial charge in [0.1, 0.15) is 0 Å². The topological polar surface area (TPSA) is 61.4 Å². The number of carbonyl (C=O) groups is 2. The standard InChI is InChI=1S/C15H22ClN3O2/c1-4-19(5-2)15(21)11(3)17-10-14(20)18-13-9-7-6-8-12(13)16/h6-9,11,17H,4-5,10H2,1-3H3,(H,18,20). The molecular weight excluding hydrogens is 290 g/mol. The van der Waals surface area contributed by atoms with Gasteiger partial charge in [0.25, 0.3) is 0 Å². The number of nitrogens with zero attached hydrogens (tertiary/aromatic N) is 1. The van der Waals surface area contributed by atoms with Crippen molar-refractivity contribution in [2.75, 3.05) is 25.0 Å². The van der Waals surface area contributed by atoms with Gasteiger partial charge in [-0.2, -0.15) is 0 Å². The molecule has 0 saturated carbocycles. The van der Waals surface area contributed by atoms with Gasteiger partial charge < -0.3 is 10.2 Å². The second-order valence-electron chi connectivity index (χ2n) is 4.64. The highest BCUT2D eigenvalue weighted by molar-refractivity contribution is 6.33. The predicted octanol–water partition coefficient (Wildman–Crippen LogP) is 2.12. The van der Waals surface area contributed by atoms with Crippen LogP contribution in [0.15, 0.2) is 24.3 Å². The molecule has 21 heavy (non-hydrogen) atoms. The van der Waals surface area contributed by atoms with E-state index in [9.17, 15) is 9.59 Å². The van der Waals surface area contributed by atoms with Gasteiger partial charge in [-0.3, -0.25) is 14.9 Å². The van der Waals surface area contributed by atoms with E-state index in [1.54, 1.807) is 36.1 Å². The second kappa shape index (κ2) is 8.64. The largest absolute Gasteiger partial charge is 0.342 e. The summed E-state index contributed by atoms with van der Waals surface area (Å²) in [6, 6.07) is 6.62. The number of carbonyl (C=O) groups excluding carboxylic acids is 2. The van der Waals surface area contributed by atoms with Crippen LogP contribution >= 0.6 is 11.6 Å². The maximum absolute atomic E-state index is 12.0. The van der Waals surface area contributed by atoms with Gasteiger partial charge in [-0.15, -0.1) is 0 Å². The second-order valence-corrected chi connectivity index (χ2v) is 5.05. The van der Waals surface area contributed by atoms with Crippen LogP contribution in [0, 0.1) is 0 Å². The molecule has 116 valence electrons. The van der Waals surface area contributed by atoms with Crippen LogP contribution < -0.4 is 10.6 Å². The normalized spacial score (nSPS) is 11.8. The number of rotatable bonds is 7. The zero-order valence-electron chi connectivity index (χ0n) is 12.6. The van der Waals surface area contributed by atoms with Crippen molar-refractivity contribution in [1.29, 1.82) is 0 Å². The predicted molar refractivity (Wildman–Crippen MR) is 85.5 cm³/mol. The van der Waals surface area contributed by atoms with Crippen molar-refractivity contribution in [3.05, 3.63) is 29.3 Å². The van der Waals surface area contributed by atoms with Gasteiger partial charge in [0.15, 0.2) is 0 Å². The van der Waals surface area contributed by atoms with E-state index in [1.165, 1.54) is 0 Å². The lowest BCUT2D eigenvalue weighted by Gasteiger charge is -2.23. The molecule has 2 amide bonds. The Morgan fingerprint density at radius 2 is 1.86 bits per heavy atom. The molecule has 5 nitrogen and oxygen atoms in total. The average Bonchev–Trinajstić information content (AvgIpc) is 2.48. The highest BCUT2D eigenvalue weighted by atomic mass is 35.5. The Kier molecular flexibility index (Phi) is 7.19. The molecule has 0 heterocycles. The van der Waals surface area contributed by atoms with E-state index in [0.29, 0.717) is 23.8 Å². The molecule has 6 heteroatoms. The minimum atomic E-state index is -0.401. The van der Waals surface area contributed by atoms with Crippen LogP contribution in [0.4, 0.5) is 5.69 Å². The van der Waals surface area contributed by atoms with Crippen molar-refractivity contribution in [2.45, 2.75) is 26.8 Å². The molecule has 1 aromatic rings. The van der Waals surface area contributed by atoms with Gasteiger partial charge in [-0.05, 0) is 32.9 Å². The molecule has 0 saturated heterocycles. The highest BCUT2D eigenvalue weighted by Gasteiger charge is 2.18. The van der Waals surface area contributed by atoms with E-state index < -0.39 is 6.04 Å². The van der Waals surface area contributed by atoms with Crippen LogP contribution in [0.3, 0.4) is 0 Å². The fourth-order valence-corrected chi connectivity index (χ4v) is 2.08. The number of likely N-dealkylation sites (N-methyl/N-ethyl adjacent to an activating group) is 1. The van der Waals surface area contributed by atoms with Gasteiger partial charge in [-0.25, -0.2) is 0 Å². The lowest BCUT2D eigenvalue weighted by molar-refractivity contribution is -0.132. The number of amides is 2. The van der Waals surface area contributed by atoms with Gasteiger partial charge in [0.05, 0.1) is 23.3 Å². The first-order chi connectivity index (χ1) is 9.99. The third-order valence-electron chi connectivity index (χ3n) is 3.16. The smallest absolute Gasteiger partial charge is 0.239 e. The van der Waals surface area contributed by atoms with E-state index in [2.05, 4.69) is 10.6 Å². The summed E-state index contributed by atoms with van der Waals surface area (Å²) in [7, 11) is 0. The molecule has 0 aromatic heterocycles. The van der Waals surface area contributed by atoms with E-state index in [4.69, 9.17) is 11.6 Å². The van der Waals surface area contributed by atoms with E-state index >= 15 is 0 Å². The minimum Gasteiger partial charge on any atom is -0.342 e. The van der Waals surface area contributed by atoms with E-state index in [-0.39, 0.29) is 18.4 Å². The maximum Gasteiger partial charge on any atom is 0.239 e. The zero-order valence-corrected chi connectivity index (χ0v) is 13.4. The summed E-state index contributed by atoms with van der Waals surface area (Å²) in [5.41, 5.74) is 0.564. The van der Waals surface area contributed by atoms with Crippen molar-refractivity contribution in [3.63, 3.8) is 0 Å². The van der Waals surface area contributed by atoms with Crippen LogP contribution in [0.25, 0.3) is 0 Å². The SMILES string of the molecule is CCN(CC)C(=O)C(C)NCC(=O)Nc1ccccc1Cl. The summed E-state index contributed by atoms with van der Waals surface area (Å²) < 4.78 is 0. The number of anilines is 1. The van der Waals surface area contributed by atoms with Gasteiger partial charge in [0.2, 0.25) is 11.8 Å². The number of hydrogen-bond donors (Lipinski definition) is 2. The Bertz CT molecular complexity index is 490. The molecule has 0 fully saturated rings. The van der Waals surface area contributed by atoms with Crippen LogP contribution in [0.1, 0.15) is 20.8 Å². The van der Waals surface area contributed by atoms with Gasteiger partial charge in [0, 0.05) is 13.1 Å². The molecule has 1 atom stereocenters. The summed E-state index contributed by atoms with van der Waals surface area (Å²) in [4.78, 5) is 25.6. The third-order valence-corrected chi connectivity index (χ3v) is 3.49. The Hall–Kier alpha value is -1.59. The number of para-hydroxylation sites is 1. The number of nitrogens with one attached hydrogen (secondary N) is 2. The molecule has 1 unspecified atom stereocenters. The van der Waals surface area contributed by atoms with Crippen LogP contribution in [-0.2, 0) is 9.59 Å². The van der Waals surface area contributed by atoms with Crippen molar-refractivity contribution >= 4 is 29.1 Å². The highest BCUT2D eigenvalue weighted by Crippen LogP contribution is 2.19. The summed E-state index contributed by atoms with van der Waals surface area (Å²) in [5.74, 6) is -0.243. The van der Waals surface area contributed by atoms with Crippen molar-refractivity contribution in [1.82, 2.24) is 10.2 Å². The molecule has 1 rings (SSSR count). The molecule has 0 aliphatic carbocycles. The summed E-state index contributed by atoms with van der Waals surface area (Å²) in [6.45, 7) is 6.99. The van der Waals surface area contributed by atoms with Gasteiger partial charge in [-0.1, -0.05) is 23.7 Å². The Labute approximate surface area is 130 Å². The van der Waals surface area contributed by atoms with Crippen LogP contribution in [0.5, 0.6) is 0 Å². The lowest BCUT2D eigenvalue weighted by Crippen LogP contribution is -2.46. The number of benzene rings is 1. The van der Waals surface area contributed by atoms with Gasteiger partial charge >= 0.3 is 0 Å². The van der Waals surface area contributed by atoms with E-state index in [0.717, 1.165) is 0 Å². The molecule has 1 aromatic carbocycles. The fourth-order valence-electron chi connectivity index (χ4n) is 1.90. The summed E-state index contributed by atoms with van der Waals surface area (Å²) in [6.07, 6.45) is 0. The number of halogens is 1. The average molecular weight is 312 g/mol. The fraction of sp³-hybridized carbons (Fsp3) is 0.467. The van der Waals surface area contributed by atoms with Crippen molar-refractivity contribution < 1.29 is 9.59 Å². The van der Waals surface area contributed by atoms with Crippen LogP contribution in [0.2, 0.25) is 5.02 Å². The maximum atomic E-state index is 12.0. The third kappa shape index (κ3) is 5.36. The molecule has 0 aliphatic rings. The molecule has 2 N–H and O–H groups in total.